The summed E-state index contributed by atoms with van der Waals surface area (Å²) in [5.41, 5.74) is 0. The molecule has 20 heavy (non-hydrogen) atoms. The van der Waals surface area contributed by atoms with E-state index in [1.807, 2.05) is 6.92 Å². The van der Waals surface area contributed by atoms with Crippen molar-refractivity contribution in [3.63, 3.8) is 0 Å². The first-order chi connectivity index (χ1) is 9.48. The van der Waals surface area contributed by atoms with Crippen LogP contribution in [-0.4, -0.2) is 45.6 Å². The standard InChI is InChI=1S/C13H22N2O4S/c1-4-11-9-15(5-6-18-11)20(16,17)13-7-12(8-14-3)19-10(13)2/h7,11,14H,4-6,8-9H2,1-3H3. The molecule has 1 aromatic heterocycles. The third-order valence-corrected chi connectivity index (χ3v) is 5.42. The Balaban J connectivity index is 2.25. The fraction of sp³-hybridized carbons (Fsp3) is 0.692. The SMILES string of the molecule is CCC1CN(S(=O)(=O)c2cc(CNC)oc2C)CCO1. The zero-order chi connectivity index (χ0) is 14.8. The fourth-order valence-electron chi connectivity index (χ4n) is 2.34. The molecule has 1 saturated heterocycles. The molecule has 0 aliphatic carbocycles. The van der Waals surface area contributed by atoms with Crippen molar-refractivity contribution in [3.05, 3.63) is 17.6 Å². The van der Waals surface area contributed by atoms with E-state index < -0.39 is 10.0 Å². The second kappa shape index (κ2) is 6.26. The maximum absolute atomic E-state index is 12.7. The van der Waals surface area contributed by atoms with Gasteiger partial charge in [-0.1, -0.05) is 6.92 Å². The van der Waals surface area contributed by atoms with Crippen LogP contribution in [0.15, 0.2) is 15.4 Å². The molecule has 1 aliphatic heterocycles. The molecule has 1 atom stereocenters. The molecule has 0 saturated carbocycles. The van der Waals surface area contributed by atoms with Gasteiger partial charge >= 0.3 is 0 Å². The van der Waals surface area contributed by atoms with Crippen molar-refractivity contribution in [1.29, 1.82) is 0 Å². The summed E-state index contributed by atoms with van der Waals surface area (Å²) < 4.78 is 37.9. The van der Waals surface area contributed by atoms with Crippen molar-refractivity contribution >= 4 is 10.0 Å². The van der Waals surface area contributed by atoms with Gasteiger partial charge in [0.25, 0.3) is 0 Å². The van der Waals surface area contributed by atoms with Crippen LogP contribution in [0.1, 0.15) is 24.9 Å². The number of morpholine rings is 1. The zero-order valence-corrected chi connectivity index (χ0v) is 13.0. The quantitative estimate of drug-likeness (QED) is 0.882. The smallest absolute Gasteiger partial charge is 0.246 e. The largest absolute Gasteiger partial charge is 0.464 e. The molecule has 1 aliphatic rings. The van der Waals surface area contributed by atoms with Gasteiger partial charge in [-0.05, 0) is 20.4 Å². The van der Waals surface area contributed by atoms with Gasteiger partial charge in [0.2, 0.25) is 10.0 Å². The van der Waals surface area contributed by atoms with Gasteiger partial charge in [-0.15, -0.1) is 0 Å². The van der Waals surface area contributed by atoms with Crippen molar-refractivity contribution < 1.29 is 17.6 Å². The second-order valence-electron chi connectivity index (χ2n) is 4.93. The van der Waals surface area contributed by atoms with Gasteiger partial charge in [-0.2, -0.15) is 4.31 Å². The summed E-state index contributed by atoms with van der Waals surface area (Å²) in [6.07, 6.45) is 0.781. The van der Waals surface area contributed by atoms with E-state index in [9.17, 15) is 8.42 Å². The molecule has 0 aromatic carbocycles. The number of nitrogens with one attached hydrogen (secondary N) is 1. The highest BCUT2D eigenvalue weighted by atomic mass is 32.2. The van der Waals surface area contributed by atoms with E-state index in [1.54, 1.807) is 20.0 Å². The average Bonchev–Trinajstić information content (AvgIpc) is 2.81. The lowest BCUT2D eigenvalue weighted by atomic mass is 10.2. The van der Waals surface area contributed by atoms with E-state index in [4.69, 9.17) is 9.15 Å². The Bertz CT molecular complexity index is 553. The highest BCUT2D eigenvalue weighted by Gasteiger charge is 2.32. The van der Waals surface area contributed by atoms with Gasteiger partial charge in [-0.25, -0.2) is 8.42 Å². The van der Waals surface area contributed by atoms with Crippen molar-refractivity contribution in [3.8, 4) is 0 Å². The number of sulfonamides is 1. The molecule has 114 valence electrons. The third kappa shape index (κ3) is 3.06. The summed E-state index contributed by atoms with van der Waals surface area (Å²) in [5.74, 6) is 1.07. The van der Waals surface area contributed by atoms with Crippen molar-refractivity contribution in [2.24, 2.45) is 0 Å². The highest BCUT2D eigenvalue weighted by Crippen LogP contribution is 2.25. The minimum absolute atomic E-state index is 0.0255. The number of hydrogen-bond donors (Lipinski definition) is 1. The summed E-state index contributed by atoms with van der Waals surface area (Å²) in [6, 6.07) is 1.61. The number of nitrogens with zero attached hydrogens (tertiary/aromatic N) is 1. The number of furan rings is 1. The molecule has 1 fully saturated rings. The third-order valence-electron chi connectivity index (χ3n) is 3.45. The minimum Gasteiger partial charge on any atom is -0.464 e. The first-order valence-electron chi connectivity index (χ1n) is 6.84. The van der Waals surface area contributed by atoms with E-state index in [0.29, 0.717) is 37.8 Å². The van der Waals surface area contributed by atoms with Gasteiger partial charge in [-0.3, -0.25) is 0 Å². The van der Waals surface area contributed by atoms with Gasteiger partial charge in [0, 0.05) is 19.2 Å². The number of aryl methyl sites for hydroxylation is 1. The van der Waals surface area contributed by atoms with E-state index in [2.05, 4.69) is 5.32 Å². The Morgan fingerprint density at radius 1 is 1.50 bits per heavy atom. The van der Waals surface area contributed by atoms with E-state index in [1.165, 1.54) is 4.31 Å². The maximum atomic E-state index is 12.7. The van der Waals surface area contributed by atoms with Crippen LogP contribution >= 0.6 is 0 Å². The topological polar surface area (TPSA) is 71.8 Å². The Morgan fingerprint density at radius 2 is 2.25 bits per heavy atom. The Hall–Kier alpha value is -0.890. The highest BCUT2D eigenvalue weighted by molar-refractivity contribution is 7.89. The van der Waals surface area contributed by atoms with Crippen LogP contribution in [0.2, 0.25) is 0 Å². The molecule has 2 heterocycles. The van der Waals surface area contributed by atoms with E-state index in [-0.39, 0.29) is 11.0 Å². The molecule has 2 rings (SSSR count). The summed E-state index contributed by atoms with van der Waals surface area (Å²) >= 11 is 0. The van der Waals surface area contributed by atoms with Crippen LogP contribution in [0.3, 0.4) is 0 Å². The monoisotopic (exact) mass is 302 g/mol. The molecule has 1 aromatic rings. The van der Waals surface area contributed by atoms with Crippen LogP contribution in [0.5, 0.6) is 0 Å². The van der Waals surface area contributed by atoms with Gasteiger partial charge in [0.05, 0.1) is 19.3 Å². The van der Waals surface area contributed by atoms with Crippen molar-refractivity contribution in [2.45, 2.75) is 37.8 Å². The van der Waals surface area contributed by atoms with Gasteiger partial charge < -0.3 is 14.5 Å². The number of ether oxygens (including phenoxy) is 1. The summed E-state index contributed by atoms with van der Waals surface area (Å²) in [4.78, 5) is 0.263. The average molecular weight is 302 g/mol. The molecular formula is C13H22N2O4S. The Morgan fingerprint density at radius 3 is 2.90 bits per heavy atom. The molecule has 0 bridgehead atoms. The van der Waals surface area contributed by atoms with Crippen LogP contribution in [0.25, 0.3) is 0 Å². The normalized spacial score (nSPS) is 21.2. The van der Waals surface area contributed by atoms with Crippen LogP contribution in [0, 0.1) is 6.92 Å². The van der Waals surface area contributed by atoms with Crippen LogP contribution in [-0.2, 0) is 21.3 Å². The van der Waals surface area contributed by atoms with E-state index in [0.717, 1.165) is 6.42 Å². The van der Waals surface area contributed by atoms with E-state index >= 15 is 0 Å². The lowest BCUT2D eigenvalue weighted by Crippen LogP contribution is -2.45. The van der Waals surface area contributed by atoms with Crippen molar-refractivity contribution in [1.82, 2.24) is 9.62 Å². The molecule has 7 heteroatoms. The molecular weight excluding hydrogens is 280 g/mol. The van der Waals surface area contributed by atoms with Crippen LogP contribution in [0.4, 0.5) is 0 Å². The summed E-state index contributed by atoms with van der Waals surface area (Å²) in [6.45, 7) is 5.43. The van der Waals surface area contributed by atoms with Gasteiger partial charge in [0.15, 0.2) is 0 Å². The molecule has 0 spiro atoms. The molecule has 0 amide bonds. The Kier molecular flexibility index (Phi) is 4.85. The first-order valence-corrected chi connectivity index (χ1v) is 8.28. The summed E-state index contributed by atoms with van der Waals surface area (Å²) in [7, 11) is -1.71. The summed E-state index contributed by atoms with van der Waals surface area (Å²) in [5, 5.41) is 2.95. The lowest BCUT2D eigenvalue weighted by molar-refractivity contribution is -0.00280. The second-order valence-corrected chi connectivity index (χ2v) is 6.83. The lowest BCUT2D eigenvalue weighted by Gasteiger charge is -2.31. The number of hydrogen-bond acceptors (Lipinski definition) is 5. The number of rotatable bonds is 5. The van der Waals surface area contributed by atoms with Crippen molar-refractivity contribution in [2.75, 3.05) is 26.7 Å². The Labute approximate surface area is 120 Å². The van der Waals surface area contributed by atoms with Gasteiger partial charge in [0.1, 0.15) is 16.4 Å². The fourth-order valence-corrected chi connectivity index (χ4v) is 3.98. The maximum Gasteiger partial charge on any atom is 0.246 e. The molecule has 1 N–H and O–H groups in total. The molecule has 6 nitrogen and oxygen atoms in total. The molecule has 0 radical (unpaired) electrons. The molecule has 1 unspecified atom stereocenters. The van der Waals surface area contributed by atoms with Crippen LogP contribution < -0.4 is 5.32 Å². The minimum atomic E-state index is -3.50. The first kappa shape index (κ1) is 15.5. The zero-order valence-electron chi connectivity index (χ0n) is 12.2. The predicted molar refractivity (Wildman–Crippen MR) is 75.0 cm³/mol. The predicted octanol–water partition coefficient (Wildman–Crippen LogP) is 1.11.